The van der Waals surface area contributed by atoms with Crippen molar-refractivity contribution in [1.82, 2.24) is 10.3 Å². The number of aliphatic carboxylic acids is 1. The minimum atomic E-state index is -1.21. The van der Waals surface area contributed by atoms with E-state index in [0.717, 1.165) is 11.8 Å². The lowest BCUT2D eigenvalue weighted by Gasteiger charge is -2.12. The standard InChI is InChI=1S/C11H13N3O5S/c1-6-3-9(14(18)19)10(12-4-6)20-5-8(11(16)17)13-7(2)15/h3-4,8H,5H2,1-2H3,(H,13,15)(H,16,17). The number of pyridine rings is 1. The lowest BCUT2D eigenvalue weighted by Crippen LogP contribution is -2.41. The largest absolute Gasteiger partial charge is 0.480 e. The monoisotopic (exact) mass is 299 g/mol. The third-order valence-electron chi connectivity index (χ3n) is 2.23. The highest BCUT2D eigenvalue weighted by Crippen LogP contribution is 2.27. The molecule has 0 aliphatic rings. The van der Waals surface area contributed by atoms with Crippen molar-refractivity contribution in [2.75, 3.05) is 5.75 Å². The lowest BCUT2D eigenvalue weighted by atomic mass is 10.3. The highest BCUT2D eigenvalue weighted by atomic mass is 32.2. The van der Waals surface area contributed by atoms with Crippen LogP contribution < -0.4 is 5.32 Å². The molecule has 0 bridgehead atoms. The highest BCUT2D eigenvalue weighted by Gasteiger charge is 2.22. The molecule has 0 saturated heterocycles. The van der Waals surface area contributed by atoms with E-state index in [1.54, 1.807) is 6.92 Å². The summed E-state index contributed by atoms with van der Waals surface area (Å²) in [6, 6.07) is 0.240. The molecule has 0 aliphatic carbocycles. The first-order valence-corrected chi connectivity index (χ1v) is 6.53. The van der Waals surface area contributed by atoms with Crippen LogP contribution in [0.5, 0.6) is 0 Å². The van der Waals surface area contributed by atoms with E-state index in [0.29, 0.717) is 5.56 Å². The molecular formula is C11H13N3O5S. The van der Waals surface area contributed by atoms with Gasteiger partial charge in [0.25, 0.3) is 0 Å². The molecule has 1 atom stereocenters. The molecule has 9 heteroatoms. The van der Waals surface area contributed by atoms with Crippen molar-refractivity contribution < 1.29 is 19.6 Å². The molecule has 1 aromatic rings. The van der Waals surface area contributed by atoms with Crippen LogP contribution in [0.2, 0.25) is 0 Å². The smallest absolute Gasteiger partial charge is 0.327 e. The van der Waals surface area contributed by atoms with Crippen LogP contribution in [0.4, 0.5) is 5.69 Å². The Morgan fingerprint density at radius 3 is 2.75 bits per heavy atom. The number of hydrogen-bond donors (Lipinski definition) is 2. The maximum absolute atomic E-state index is 10.9. The molecule has 1 aromatic heterocycles. The number of carbonyl (C=O) groups is 2. The second kappa shape index (κ2) is 6.85. The Hall–Kier alpha value is -2.16. The summed E-state index contributed by atoms with van der Waals surface area (Å²) in [5.74, 6) is -1.74. The molecule has 1 unspecified atom stereocenters. The van der Waals surface area contributed by atoms with Crippen molar-refractivity contribution in [1.29, 1.82) is 0 Å². The van der Waals surface area contributed by atoms with Gasteiger partial charge in [-0.2, -0.15) is 0 Å². The van der Waals surface area contributed by atoms with E-state index in [1.807, 2.05) is 0 Å². The van der Waals surface area contributed by atoms with Gasteiger partial charge in [0.15, 0.2) is 5.03 Å². The average Bonchev–Trinajstić information content (AvgIpc) is 2.34. The van der Waals surface area contributed by atoms with Crippen LogP contribution in [0.3, 0.4) is 0 Å². The summed E-state index contributed by atoms with van der Waals surface area (Å²) in [5.41, 5.74) is 0.458. The van der Waals surface area contributed by atoms with Gasteiger partial charge in [0.2, 0.25) is 5.91 Å². The third kappa shape index (κ3) is 4.50. The molecule has 1 amide bonds. The number of thioether (sulfide) groups is 1. The molecule has 2 N–H and O–H groups in total. The normalized spacial score (nSPS) is 11.7. The van der Waals surface area contributed by atoms with E-state index in [2.05, 4.69) is 10.3 Å². The Morgan fingerprint density at radius 1 is 1.60 bits per heavy atom. The molecule has 0 aliphatic heterocycles. The maximum atomic E-state index is 10.9. The Bertz CT molecular complexity index is 549. The second-order valence-electron chi connectivity index (χ2n) is 4.00. The Balaban J connectivity index is 2.85. The number of rotatable bonds is 6. The fraction of sp³-hybridized carbons (Fsp3) is 0.364. The molecule has 108 valence electrons. The number of nitrogens with one attached hydrogen (secondary N) is 1. The van der Waals surface area contributed by atoms with Crippen molar-refractivity contribution in [3.05, 3.63) is 27.9 Å². The van der Waals surface area contributed by atoms with Gasteiger partial charge in [0, 0.05) is 24.9 Å². The fourth-order valence-corrected chi connectivity index (χ4v) is 2.32. The first-order valence-electron chi connectivity index (χ1n) is 5.55. The average molecular weight is 299 g/mol. The van der Waals surface area contributed by atoms with Crippen molar-refractivity contribution >= 4 is 29.3 Å². The van der Waals surface area contributed by atoms with Gasteiger partial charge in [-0.15, -0.1) is 0 Å². The summed E-state index contributed by atoms with van der Waals surface area (Å²) in [4.78, 5) is 36.1. The topological polar surface area (TPSA) is 122 Å². The number of carboxylic acid groups (broad SMARTS) is 1. The van der Waals surface area contributed by atoms with E-state index >= 15 is 0 Å². The number of amides is 1. The summed E-state index contributed by atoms with van der Waals surface area (Å²) in [6.07, 6.45) is 1.46. The summed E-state index contributed by atoms with van der Waals surface area (Å²) < 4.78 is 0. The molecule has 0 aromatic carbocycles. The van der Waals surface area contributed by atoms with Crippen LogP contribution in [0.15, 0.2) is 17.3 Å². The summed E-state index contributed by atoms with van der Waals surface area (Å²) in [5, 5.41) is 22.2. The minimum Gasteiger partial charge on any atom is -0.480 e. The predicted molar refractivity (Wildman–Crippen MR) is 71.6 cm³/mol. The zero-order valence-corrected chi connectivity index (χ0v) is 11.6. The SMILES string of the molecule is CC(=O)NC(CSc1ncc(C)cc1[N+](=O)[O-])C(=O)O. The number of nitro groups is 1. The van der Waals surface area contributed by atoms with Gasteiger partial charge in [-0.3, -0.25) is 14.9 Å². The number of nitrogens with zero attached hydrogens (tertiary/aromatic N) is 2. The van der Waals surface area contributed by atoms with Crippen LogP contribution in [0.1, 0.15) is 12.5 Å². The summed E-state index contributed by atoms with van der Waals surface area (Å²) >= 11 is 0.914. The summed E-state index contributed by atoms with van der Waals surface area (Å²) in [7, 11) is 0. The molecule has 0 saturated carbocycles. The Morgan fingerprint density at radius 2 is 2.25 bits per heavy atom. The zero-order valence-electron chi connectivity index (χ0n) is 10.8. The number of aryl methyl sites for hydroxylation is 1. The van der Waals surface area contributed by atoms with E-state index in [1.165, 1.54) is 19.2 Å². The zero-order chi connectivity index (χ0) is 15.3. The van der Waals surface area contributed by atoms with Crippen LogP contribution in [-0.2, 0) is 9.59 Å². The van der Waals surface area contributed by atoms with Crippen molar-refractivity contribution in [3.63, 3.8) is 0 Å². The molecule has 20 heavy (non-hydrogen) atoms. The van der Waals surface area contributed by atoms with Gasteiger partial charge in [0.05, 0.1) is 4.92 Å². The van der Waals surface area contributed by atoms with Gasteiger partial charge in [-0.1, -0.05) is 11.8 Å². The van der Waals surface area contributed by atoms with Crippen molar-refractivity contribution in [2.45, 2.75) is 24.9 Å². The Labute approximate surface area is 118 Å². The first kappa shape index (κ1) is 15.9. The minimum absolute atomic E-state index is 0.0498. The highest BCUT2D eigenvalue weighted by molar-refractivity contribution is 7.99. The molecule has 8 nitrogen and oxygen atoms in total. The molecule has 0 spiro atoms. The molecular weight excluding hydrogens is 286 g/mol. The van der Waals surface area contributed by atoms with Gasteiger partial charge < -0.3 is 10.4 Å². The van der Waals surface area contributed by atoms with Crippen molar-refractivity contribution in [3.8, 4) is 0 Å². The first-order chi connectivity index (χ1) is 9.31. The lowest BCUT2D eigenvalue weighted by molar-refractivity contribution is -0.388. The molecule has 1 rings (SSSR count). The van der Waals surface area contributed by atoms with Gasteiger partial charge in [-0.25, -0.2) is 9.78 Å². The van der Waals surface area contributed by atoms with E-state index < -0.39 is 22.8 Å². The van der Waals surface area contributed by atoms with Gasteiger partial charge in [0.1, 0.15) is 6.04 Å². The number of aromatic nitrogens is 1. The van der Waals surface area contributed by atoms with E-state index in [4.69, 9.17) is 5.11 Å². The number of carbonyl (C=O) groups excluding carboxylic acids is 1. The van der Waals surface area contributed by atoms with E-state index in [9.17, 15) is 19.7 Å². The molecule has 0 fully saturated rings. The van der Waals surface area contributed by atoms with Gasteiger partial charge in [-0.05, 0) is 12.5 Å². The number of hydrogen-bond acceptors (Lipinski definition) is 6. The molecule has 0 radical (unpaired) electrons. The molecule has 1 heterocycles. The quantitative estimate of drug-likeness (QED) is 0.456. The van der Waals surface area contributed by atoms with Crippen molar-refractivity contribution in [2.24, 2.45) is 0 Å². The summed E-state index contributed by atoms with van der Waals surface area (Å²) in [6.45, 7) is 2.87. The predicted octanol–water partition coefficient (Wildman–Crippen LogP) is 0.980. The maximum Gasteiger partial charge on any atom is 0.327 e. The van der Waals surface area contributed by atoms with Crippen LogP contribution in [-0.4, -0.2) is 38.7 Å². The van der Waals surface area contributed by atoms with Crippen LogP contribution >= 0.6 is 11.8 Å². The number of carboxylic acids is 1. The van der Waals surface area contributed by atoms with Gasteiger partial charge >= 0.3 is 11.7 Å². The van der Waals surface area contributed by atoms with E-state index in [-0.39, 0.29) is 16.5 Å². The second-order valence-corrected chi connectivity index (χ2v) is 5.01. The van der Waals surface area contributed by atoms with Crippen LogP contribution in [0.25, 0.3) is 0 Å². The van der Waals surface area contributed by atoms with Crippen LogP contribution in [0, 0.1) is 17.0 Å². The third-order valence-corrected chi connectivity index (χ3v) is 3.32. The fourth-order valence-electron chi connectivity index (χ4n) is 1.37. The Kier molecular flexibility index (Phi) is 5.44.